The second kappa shape index (κ2) is 5.23. The van der Waals surface area contributed by atoms with Crippen LogP contribution in [0, 0.1) is 0 Å². The van der Waals surface area contributed by atoms with Gasteiger partial charge in [0.15, 0.2) is 5.13 Å². The lowest BCUT2D eigenvalue weighted by Crippen LogP contribution is -1.85. The molecule has 2 N–H and O–H groups in total. The number of hydrogen-bond donors (Lipinski definition) is 1. The van der Waals surface area contributed by atoms with Crippen LogP contribution in [-0.2, 0) is 5.75 Å². The quantitative estimate of drug-likeness (QED) is 0.850. The monoisotopic (exact) mass is 252 g/mol. The predicted octanol–water partition coefficient (Wildman–Crippen LogP) is 3.03. The largest absolute Gasteiger partial charge is 0.496 e. The van der Waals surface area contributed by atoms with E-state index >= 15 is 0 Å². The summed E-state index contributed by atoms with van der Waals surface area (Å²) in [7, 11) is 1.68. The van der Waals surface area contributed by atoms with Crippen molar-refractivity contribution in [3.05, 3.63) is 35.3 Å². The van der Waals surface area contributed by atoms with Gasteiger partial charge in [0.2, 0.25) is 0 Å². The van der Waals surface area contributed by atoms with E-state index < -0.39 is 0 Å². The summed E-state index contributed by atoms with van der Waals surface area (Å²) in [6, 6.07) is 7.98. The molecule has 0 aliphatic heterocycles. The summed E-state index contributed by atoms with van der Waals surface area (Å²) in [4.78, 5) is 6.33. The Morgan fingerprint density at radius 2 is 2.25 bits per heavy atom. The molecule has 0 saturated carbocycles. The molecule has 0 aliphatic carbocycles. The molecule has 1 aromatic heterocycles. The highest BCUT2D eigenvalue weighted by Crippen LogP contribution is 2.32. The van der Waals surface area contributed by atoms with Crippen molar-refractivity contribution >= 4 is 28.2 Å². The fourth-order valence-electron chi connectivity index (χ4n) is 1.28. The van der Waals surface area contributed by atoms with Crippen LogP contribution in [0.25, 0.3) is 0 Å². The first-order valence-corrected chi connectivity index (χ1v) is 6.56. The van der Waals surface area contributed by atoms with Crippen molar-refractivity contribution in [3.63, 3.8) is 0 Å². The fourth-order valence-corrected chi connectivity index (χ4v) is 3.01. The first-order chi connectivity index (χ1) is 7.79. The van der Waals surface area contributed by atoms with Crippen molar-refractivity contribution in [1.82, 2.24) is 4.98 Å². The average Bonchev–Trinajstić information content (AvgIpc) is 2.73. The van der Waals surface area contributed by atoms with Crippen LogP contribution >= 0.6 is 23.1 Å². The minimum atomic E-state index is 0.621. The van der Waals surface area contributed by atoms with Crippen LogP contribution < -0.4 is 10.5 Å². The van der Waals surface area contributed by atoms with E-state index in [-0.39, 0.29) is 0 Å². The number of anilines is 1. The Morgan fingerprint density at radius 1 is 1.44 bits per heavy atom. The minimum Gasteiger partial charge on any atom is -0.496 e. The number of ether oxygens (including phenoxy) is 1. The number of nitrogen functional groups attached to an aromatic ring is 1. The molecule has 5 heteroatoms. The molecule has 3 nitrogen and oxygen atoms in total. The van der Waals surface area contributed by atoms with Gasteiger partial charge in [-0.3, -0.25) is 0 Å². The molecule has 2 rings (SSSR count). The second-order valence-corrected chi connectivity index (χ2v) is 5.27. The lowest BCUT2D eigenvalue weighted by atomic mass is 10.3. The Bertz CT molecular complexity index is 471. The van der Waals surface area contributed by atoms with Gasteiger partial charge in [-0.2, -0.15) is 0 Å². The molecule has 0 atom stereocenters. The van der Waals surface area contributed by atoms with Crippen LogP contribution in [0.5, 0.6) is 5.75 Å². The average molecular weight is 252 g/mol. The van der Waals surface area contributed by atoms with E-state index in [9.17, 15) is 0 Å². The molecule has 84 valence electrons. The van der Waals surface area contributed by atoms with Gasteiger partial charge in [0.1, 0.15) is 5.75 Å². The number of nitrogens with zero attached hydrogens (tertiary/aromatic N) is 1. The number of thioether (sulfide) groups is 1. The van der Waals surface area contributed by atoms with Gasteiger partial charge in [-0.1, -0.05) is 12.1 Å². The number of nitrogens with two attached hydrogens (primary N) is 1. The molecule has 0 spiro atoms. The van der Waals surface area contributed by atoms with Gasteiger partial charge in [-0.05, 0) is 12.1 Å². The summed E-state index contributed by atoms with van der Waals surface area (Å²) in [6.45, 7) is 0. The van der Waals surface area contributed by atoms with Crippen molar-refractivity contribution in [2.75, 3.05) is 12.8 Å². The molecule has 0 fully saturated rings. The third-order valence-corrected chi connectivity index (χ3v) is 4.12. The molecule has 0 saturated heterocycles. The van der Waals surface area contributed by atoms with Gasteiger partial charge in [0.25, 0.3) is 0 Å². The lowest BCUT2D eigenvalue weighted by molar-refractivity contribution is 0.405. The number of aromatic nitrogens is 1. The van der Waals surface area contributed by atoms with E-state index in [1.165, 1.54) is 16.2 Å². The summed E-state index contributed by atoms with van der Waals surface area (Å²) in [5.41, 5.74) is 5.58. The summed E-state index contributed by atoms with van der Waals surface area (Å²) >= 11 is 3.25. The Morgan fingerprint density at radius 3 is 2.94 bits per heavy atom. The van der Waals surface area contributed by atoms with Gasteiger partial charge in [-0.15, -0.1) is 23.1 Å². The molecule has 0 amide bonds. The van der Waals surface area contributed by atoms with Gasteiger partial charge in [0, 0.05) is 21.7 Å². The SMILES string of the molecule is COc1ccccc1SCc1cnc(N)s1. The maximum Gasteiger partial charge on any atom is 0.180 e. The third kappa shape index (κ3) is 2.68. The van der Waals surface area contributed by atoms with Crippen LogP contribution in [0.3, 0.4) is 0 Å². The smallest absolute Gasteiger partial charge is 0.180 e. The van der Waals surface area contributed by atoms with E-state index in [0.29, 0.717) is 5.13 Å². The van der Waals surface area contributed by atoms with Crippen LogP contribution in [-0.4, -0.2) is 12.1 Å². The zero-order chi connectivity index (χ0) is 11.4. The third-order valence-electron chi connectivity index (χ3n) is 2.01. The Kier molecular flexibility index (Phi) is 3.69. The number of thiazole rings is 1. The van der Waals surface area contributed by atoms with Crippen molar-refractivity contribution in [2.24, 2.45) is 0 Å². The lowest BCUT2D eigenvalue weighted by Gasteiger charge is -2.06. The molecular weight excluding hydrogens is 240 g/mol. The highest BCUT2D eigenvalue weighted by molar-refractivity contribution is 7.98. The van der Waals surface area contributed by atoms with E-state index in [1.807, 2.05) is 30.5 Å². The van der Waals surface area contributed by atoms with Crippen LogP contribution in [0.15, 0.2) is 35.4 Å². The zero-order valence-corrected chi connectivity index (χ0v) is 10.5. The van der Waals surface area contributed by atoms with E-state index in [2.05, 4.69) is 4.98 Å². The maximum absolute atomic E-state index is 5.58. The number of para-hydroxylation sites is 1. The number of benzene rings is 1. The van der Waals surface area contributed by atoms with Crippen molar-refractivity contribution in [1.29, 1.82) is 0 Å². The molecule has 0 unspecified atom stereocenters. The van der Waals surface area contributed by atoms with E-state index in [4.69, 9.17) is 10.5 Å². The fraction of sp³-hybridized carbons (Fsp3) is 0.182. The summed E-state index contributed by atoms with van der Waals surface area (Å²) < 4.78 is 5.28. The van der Waals surface area contributed by atoms with Crippen LogP contribution in [0.4, 0.5) is 5.13 Å². The Labute approximate surface area is 103 Å². The summed E-state index contributed by atoms with van der Waals surface area (Å²) in [6.07, 6.45) is 1.82. The molecule has 2 aromatic rings. The first kappa shape index (κ1) is 11.3. The van der Waals surface area contributed by atoms with Crippen molar-refractivity contribution in [3.8, 4) is 5.75 Å². The molecule has 1 aromatic carbocycles. The number of methoxy groups -OCH3 is 1. The van der Waals surface area contributed by atoms with E-state index in [1.54, 1.807) is 18.9 Å². The van der Waals surface area contributed by atoms with Crippen LogP contribution in [0.2, 0.25) is 0 Å². The molecule has 0 radical (unpaired) electrons. The molecule has 16 heavy (non-hydrogen) atoms. The van der Waals surface area contributed by atoms with E-state index in [0.717, 1.165) is 16.4 Å². The molecule has 0 bridgehead atoms. The van der Waals surface area contributed by atoms with Gasteiger partial charge < -0.3 is 10.5 Å². The molecular formula is C11H12N2OS2. The highest BCUT2D eigenvalue weighted by Gasteiger charge is 2.04. The minimum absolute atomic E-state index is 0.621. The number of hydrogen-bond acceptors (Lipinski definition) is 5. The molecule has 0 aliphatic rings. The van der Waals surface area contributed by atoms with Gasteiger partial charge in [-0.25, -0.2) is 4.98 Å². The first-order valence-electron chi connectivity index (χ1n) is 4.75. The summed E-state index contributed by atoms with van der Waals surface area (Å²) in [5.74, 6) is 1.78. The normalized spacial score (nSPS) is 10.3. The summed E-state index contributed by atoms with van der Waals surface area (Å²) in [5, 5.41) is 0.621. The maximum atomic E-state index is 5.58. The topological polar surface area (TPSA) is 48.1 Å². The predicted molar refractivity (Wildman–Crippen MR) is 69.1 cm³/mol. The highest BCUT2D eigenvalue weighted by atomic mass is 32.2. The van der Waals surface area contributed by atoms with Crippen molar-refractivity contribution in [2.45, 2.75) is 10.6 Å². The van der Waals surface area contributed by atoms with Gasteiger partial charge in [0.05, 0.1) is 7.11 Å². The van der Waals surface area contributed by atoms with Gasteiger partial charge >= 0.3 is 0 Å². The molecule has 1 heterocycles. The second-order valence-electron chi connectivity index (χ2n) is 3.10. The Hall–Kier alpha value is -1.20. The number of rotatable bonds is 4. The van der Waals surface area contributed by atoms with Crippen LogP contribution in [0.1, 0.15) is 4.88 Å². The zero-order valence-electron chi connectivity index (χ0n) is 8.84. The van der Waals surface area contributed by atoms with Crippen molar-refractivity contribution < 1.29 is 4.74 Å². The Balaban J connectivity index is 2.04. The standard InChI is InChI=1S/C11H12N2OS2/c1-14-9-4-2-3-5-10(9)15-7-8-6-13-11(12)16-8/h2-6H,7H2,1H3,(H2,12,13).